The van der Waals surface area contributed by atoms with Crippen LogP contribution in [0.4, 0.5) is 15.8 Å². The van der Waals surface area contributed by atoms with Gasteiger partial charge in [0, 0.05) is 5.69 Å². The zero-order chi connectivity index (χ0) is 21.4. The number of benzene rings is 2. The maximum atomic E-state index is 13.3. The van der Waals surface area contributed by atoms with Crippen LogP contribution < -0.4 is 10.2 Å². The summed E-state index contributed by atoms with van der Waals surface area (Å²) in [7, 11) is 0. The molecule has 1 fully saturated rings. The van der Waals surface area contributed by atoms with Crippen molar-refractivity contribution in [3.05, 3.63) is 59.9 Å². The molecule has 2 atom stereocenters. The highest BCUT2D eigenvalue weighted by Crippen LogP contribution is 2.32. The highest BCUT2D eigenvalue weighted by atomic mass is 19.1. The van der Waals surface area contributed by atoms with E-state index in [9.17, 15) is 18.8 Å². The highest BCUT2D eigenvalue weighted by molar-refractivity contribution is 6.25. The molecule has 0 spiro atoms. The number of amides is 3. The number of hydrogen-bond donors (Lipinski definition) is 1. The Labute approximate surface area is 172 Å². The van der Waals surface area contributed by atoms with Crippen molar-refractivity contribution < 1.29 is 18.8 Å². The van der Waals surface area contributed by atoms with Gasteiger partial charge in [0.25, 0.3) is 11.8 Å². The summed E-state index contributed by atoms with van der Waals surface area (Å²) in [6.45, 7) is 3.82. The van der Waals surface area contributed by atoms with Crippen molar-refractivity contribution in [2.75, 3.05) is 16.8 Å². The molecule has 2 aromatic carbocycles. The molecule has 0 bridgehead atoms. The van der Waals surface area contributed by atoms with Crippen molar-refractivity contribution in [1.82, 2.24) is 5.01 Å². The minimum atomic E-state index is -0.982. The summed E-state index contributed by atoms with van der Waals surface area (Å²) in [6.07, 6.45) is 0. The Morgan fingerprint density at radius 1 is 1.13 bits per heavy atom. The van der Waals surface area contributed by atoms with E-state index in [4.69, 9.17) is 0 Å². The molecule has 2 aromatic rings. The van der Waals surface area contributed by atoms with Gasteiger partial charge in [0.2, 0.25) is 5.91 Å². The van der Waals surface area contributed by atoms with Crippen LogP contribution >= 0.6 is 0 Å². The predicted molar refractivity (Wildman–Crippen MR) is 107 cm³/mol. The second-order valence-corrected chi connectivity index (χ2v) is 7.51. The Morgan fingerprint density at radius 2 is 1.87 bits per heavy atom. The SMILES string of the molecule is CC(C)c1ccc(N2C(=O)[C@H]3N=NN(CC(=O)Nc4cccc(F)c4)[C@@H]3C2=O)cc1. The number of halogens is 1. The molecule has 154 valence electrons. The van der Waals surface area contributed by atoms with Gasteiger partial charge in [0.1, 0.15) is 12.4 Å². The first-order chi connectivity index (χ1) is 14.3. The zero-order valence-electron chi connectivity index (χ0n) is 16.4. The number of nitrogens with one attached hydrogen (secondary N) is 1. The Morgan fingerprint density at radius 3 is 2.53 bits per heavy atom. The number of imide groups is 1. The Hall–Kier alpha value is -3.62. The van der Waals surface area contributed by atoms with Crippen LogP contribution in [0.15, 0.2) is 58.9 Å². The Balaban J connectivity index is 1.48. The summed E-state index contributed by atoms with van der Waals surface area (Å²) in [4.78, 5) is 39.1. The van der Waals surface area contributed by atoms with Crippen LogP contribution in [0.25, 0.3) is 0 Å². The van der Waals surface area contributed by atoms with Crippen LogP contribution in [0.3, 0.4) is 0 Å². The minimum absolute atomic E-state index is 0.286. The molecule has 0 radical (unpaired) electrons. The van der Waals surface area contributed by atoms with E-state index in [2.05, 4.69) is 29.5 Å². The number of rotatable bonds is 5. The molecule has 2 heterocycles. The predicted octanol–water partition coefficient (Wildman–Crippen LogP) is 2.88. The van der Waals surface area contributed by atoms with Crippen molar-refractivity contribution in [2.24, 2.45) is 10.3 Å². The molecule has 30 heavy (non-hydrogen) atoms. The van der Waals surface area contributed by atoms with Gasteiger partial charge in [-0.2, -0.15) is 5.11 Å². The first-order valence-electron chi connectivity index (χ1n) is 9.56. The number of anilines is 2. The first kappa shape index (κ1) is 19.7. The van der Waals surface area contributed by atoms with Crippen LogP contribution in [0.2, 0.25) is 0 Å². The largest absolute Gasteiger partial charge is 0.324 e. The van der Waals surface area contributed by atoms with E-state index < -0.39 is 35.6 Å². The van der Waals surface area contributed by atoms with Gasteiger partial charge in [-0.3, -0.25) is 19.4 Å². The van der Waals surface area contributed by atoms with Gasteiger partial charge in [0.05, 0.1) is 5.69 Å². The average molecular weight is 409 g/mol. The molecule has 0 aliphatic carbocycles. The quantitative estimate of drug-likeness (QED) is 0.769. The van der Waals surface area contributed by atoms with E-state index in [1.807, 2.05) is 12.1 Å². The maximum Gasteiger partial charge on any atom is 0.263 e. The highest BCUT2D eigenvalue weighted by Gasteiger charge is 2.55. The van der Waals surface area contributed by atoms with E-state index in [0.29, 0.717) is 11.6 Å². The standard InChI is InChI=1S/C21H20FN5O3/c1-12(2)13-6-8-16(9-7-13)27-20(29)18-19(21(27)30)26(25-24-18)11-17(28)23-15-5-3-4-14(22)10-15/h3-10,12,18-19H,11H2,1-2H3,(H,23,28)/t18-,19-/m0/s1. The fourth-order valence-electron chi connectivity index (χ4n) is 3.53. The summed E-state index contributed by atoms with van der Waals surface area (Å²) in [5.41, 5.74) is 1.84. The molecule has 0 saturated carbocycles. The third-order valence-electron chi connectivity index (χ3n) is 5.09. The van der Waals surface area contributed by atoms with Crippen LogP contribution in [0, 0.1) is 5.82 Å². The fourth-order valence-corrected chi connectivity index (χ4v) is 3.53. The van der Waals surface area contributed by atoms with E-state index >= 15 is 0 Å². The van der Waals surface area contributed by atoms with Gasteiger partial charge in [0.15, 0.2) is 12.1 Å². The molecular weight excluding hydrogens is 389 g/mol. The lowest BCUT2D eigenvalue weighted by atomic mass is 10.0. The van der Waals surface area contributed by atoms with E-state index in [-0.39, 0.29) is 12.2 Å². The van der Waals surface area contributed by atoms with Crippen molar-refractivity contribution in [1.29, 1.82) is 0 Å². The van der Waals surface area contributed by atoms with Gasteiger partial charge in [-0.05, 0) is 41.8 Å². The number of carbonyl (C=O) groups is 3. The van der Waals surface area contributed by atoms with Gasteiger partial charge in [-0.15, -0.1) is 0 Å². The normalized spacial score (nSPS) is 20.3. The summed E-state index contributed by atoms with van der Waals surface area (Å²) in [6, 6.07) is 10.7. The zero-order valence-corrected chi connectivity index (χ0v) is 16.4. The summed E-state index contributed by atoms with van der Waals surface area (Å²) in [5, 5.41) is 11.5. The Kier molecular flexibility index (Phi) is 5.03. The molecular formula is C21H20FN5O3. The van der Waals surface area contributed by atoms with Crippen LogP contribution in [-0.4, -0.2) is 41.4 Å². The van der Waals surface area contributed by atoms with Crippen LogP contribution in [0.1, 0.15) is 25.3 Å². The van der Waals surface area contributed by atoms with E-state index in [1.165, 1.54) is 23.2 Å². The molecule has 3 amide bonds. The molecule has 4 rings (SSSR count). The van der Waals surface area contributed by atoms with Crippen LogP contribution in [-0.2, 0) is 14.4 Å². The van der Waals surface area contributed by atoms with Gasteiger partial charge < -0.3 is 5.32 Å². The van der Waals surface area contributed by atoms with E-state index in [0.717, 1.165) is 10.5 Å². The van der Waals surface area contributed by atoms with Crippen molar-refractivity contribution in [3.63, 3.8) is 0 Å². The summed E-state index contributed by atoms with van der Waals surface area (Å²) in [5.74, 6) is -1.61. The summed E-state index contributed by atoms with van der Waals surface area (Å²) < 4.78 is 13.3. The number of carbonyl (C=O) groups excluding carboxylic acids is 3. The Bertz CT molecular complexity index is 1040. The lowest BCUT2D eigenvalue weighted by molar-refractivity contribution is -0.123. The minimum Gasteiger partial charge on any atom is -0.324 e. The molecule has 0 aromatic heterocycles. The van der Waals surface area contributed by atoms with Crippen LogP contribution in [0.5, 0.6) is 0 Å². The molecule has 9 heteroatoms. The third kappa shape index (κ3) is 3.54. The fraction of sp³-hybridized carbons (Fsp3) is 0.286. The van der Waals surface area contributed by atoms with Gasteiger partial charge in [-0.25, -0.2) is 9.29 Å². The monoisotopic (exact) mass is 409 g/mol. The van der Waals surface area contributed by atoms with Crippen molar-refractivity contribution in [2.45, 2.75) is 31.8 Å². The second-order valence-electron chi connectivity index (χ2n) is 7.51. The molecule has 1 saturated heterocycles. The molecule has 1 N–H and O–H groups in total. The average Bonchev–Trinajstić information content (AvgIpc) is 3.21. The number of fused-ring (bicyclic) bond motifs is 1. The molecule has 0 unspecified atom stereocenters. The summed E-state index contributed by atoms with van der Waals surface area (Å²) >= 11 is 0. The topological polar surface area (TPSA) is 94.4 Å². The molecule has 2 aliphatic rings. The molecule has 8 nitrogen and oxygen atoms in total. The molecule has 2 aliphatic heterocycles. The maximum absolute atomic E-state index is 13.3. The van der Waals surface area contributed by atoms with Gasteiger partial charge in [-0.1, -0.05) is 37.3 Å². The van der Waals surface area contributed by atoms with Crippen molar-refractivity contribution >= 4 is 29.1 Å². The first-order valence-corrected chi connectivity index (χ1v) is 9.56. The lowest BCUT2D eigenvalue weighted by Gasteiger charge is -2.20. The van der Waals surface area contributed by atoms with Gasteiger partial charge >= 0.3 is 0 Å². The number of hydrogen-bond acceptors (Lipinski definition) is 6. The second kappa shape index (κ2) is 7.66. The van der Waals surface area contributed by atoms with Crippen molar-refractivity contribution in [3.8, 4) is 0 Å². The van der Waals surface area contributed by atoms with E-state index in [1.54, 1.807) is 18.2 Å². The third-order valence-corrected chi connectivity index (χ3v) is 5.09. The number of nitrogens with zero attached hydrogens (tertiary/aromatic N) is 4. The lowest BCUT2D eigenvalue weighted by Crippen LogP contribution is -2.43. The smallest absolute Gasteiger partial charge is 0.263 e.